The van der Waals surface area contributed by atoms with Crippen LogP contribution in [0.2, 0.25) is 0 Å². The summed E-state index contributed by atoms with van der Waals surface area (Å²) in [6, 6.07) is 6.79. The molecular formula is C14H20O4. The van der Waals surface area contributed by atoms with E-state index in [0.29, 0.717) is 13.0 Å². The molecule has 0 amide bonds. The number of aromatic hydroxyl groups is 1. The third-order valence-electron chi connectivity index (χ3n) is 2.31. The number of carbonyl (C=O) groups excluding carboxylic acids is 1. The summed E-state index contributed by atoms with van der Waals surface area (Å²) < 4.78 is 10.5. The van der Waals surface area contributed by atoms with Gasteiger partial charge in [0.15, 0.2) is 6.10 Å². The number of hydrogen-bond donors (Lipinski definition) is 1. The smallest absolute Gasteiger partial charge is 0.335 e. The summed E-state index contributed by atoms with van der Waals surface area (Å²) in [5.74, 6) is -0.185. The molecule has 1 atom stereocenters. The third-order valence-corrected chi connectivity index (χ3v) is 2.31. The summed E-state index contributed by atoms with van der Waals surface area (Å²) in [7, 11) is 0. The van der Waals surface area contributed by atoms with Gasteiger partial charge >= 0.3 is 5.97 Å². The van der Waals surface area contributed by atoms with Crippen molar-refractivity contribution in [3.63, 3.8) is 0 Å². The van der Waals surface area contributed by atoms with E-state index in [4.69, 9.17) is 9.47 Å². The van der Waals surface area contributed by atoms with E-state index in [1.165, 1.54) is 0 Å². The van der Waals surface area contributed by atoms with E-state index in [1.54, 1.807) is 32.0 Å². The minimum atomic E-state index is -0.626. The lowest BCUT2D eigenvalue weighted by molar-refractivity contribution is -0.160. The molecule has 0 radical (unpaired) electrons. The third kappa shape index (κ3) is 4.75. The molecule has 0 heterocycles. The number of ether oxygens (including phenoxy) is 2. The number of phenols is 1. The van der Waals surface area contributed by atoms with Crippen molar-refractivity contribution >= 4 is 5.97 Å². The predicted molar refractivity (Wildman–Crippen MR) is 68.5 cm³/mol. The van der Waals surface area contributed by atoms with Crippen LogP contribution in [0.5, 0.6) is 5.75 Å². The van der Waals surface area contributed by atoms with E-state index in [-0.39, 0.29) is 17.8 Å². The monoisotopic (exact) mass is 252 g/mol. The molecule has 0 spiro atoms. The second kappa shape index (κ2) is 7.01. The molecule has 1 rings (SSSR count). The van der Waals surface area contributed by atoms with Gasteiger partial charge in [-0.2, -0.15) is 0 Å². The molecular weight excluding hydrogens is 232 g/mol. The van der Waals surface area contributed by atoms with Crippen LogP contribution in [-0.4, -0.2) is 29.9 Å². The van der Waals surface area contributed by atoms with Gasteiger partial charge in [-0.15, -0.1) is 0 Å². The molecule has 0 saturated heterocycles. The van der Waals surface area contributed by atoms with Gasteiger partial charge in [0.1, 0.15) is 5.75 Å². The minimum absolute atomic E-state index is 0.162. The van der Waals surface area contributed by atoms with Gasteiger partial charge in [0, 0.05) is 13.0 Å². The van der Waals surface area contributed by atoms with Crippen molar-refractivity contribution in [2.45, 2.75) is 39.4 Å². The van der Waals surface area contributed by atoms with Crippen molar-refractivity contribution in [1.29, 1.82) is 0 Å². The highest BCUT2D eigenvalue weighted by Gasteiger charge is 2.21. The molecule has 0 aliphatic carbocycles. The molecule has 0 fully saturated rings. The molecule has 1 N–H and O–H groups in total. The first-order valence-electron chi connectivity index (χ1n) is 6.13. The first-order chi connectivity index (χ1) is 8.52. The molecule has 4 nitrogen and oxygen atoms in total. The lowest BCUT2D eigenvalue weighted by Crippen LogP contribution is -2.30. The van der Waals surface area contributed by atoms with E-state index in [0.717, 1.165) is 5.56 Å². The van der Waals surface area contributed by atoms with Gasteiger partial charge in [0.2, 0.25) is 0 Å². The Kier molecular flexibility index (Phi) is 5.65. The normalized spacial score (nSPS) is 12.4. The lowest BCUT2D eigenvalue weighted by atomic mass is 10.1. The number of hydrogen-bond acceptors (Lipinski definition) is 4. The van der Waals surface area contributed by atoms with E-state index in [2.05, 4.69) is 0 Å². The Hall–Kier alpha value is -1.55. The number of carbonyl (C=O) groups is 1. The van der Waals surface area contributed by atoms with Crippen LogP contribution in [0.4, 0.5) is 0 Å². The van der Waals surface area contributed by atoms with Crippen LogP contribution in [0.3, 0.4) is 0 Å². The van der Waals surface area contributed by atoms with Crippen molar-refractivity contribution in [3.8, 4) is 5.75 Å². The summed E-state index contributed by atoms with van der Waals surface area (Å²) in [5.41, 5.74) is 0.842. The maximum absolute atomic E-state index is 11.8. The molecule has 18 heavy (non-hydrogen) atoms. The summed E-state index contributed by atoms with van der Waals surface area (Å²) in [6.07, 6.45) is -0.391. The summed E-state index contributed by atoms with van der Waals surface area (Å²) in [4.78, 5) is 11.8. The van der Waals surface area contributed by atoms with Crippen molar-refractivity contribution in [1.82, 2.24) is 0 Å². The highest BCUT2D eigenvalue weighted by molar-refractivity contribution is 5.75. The fourth-order valence-corrected chi connectivity index (χ4v) is 1.62. The van der Waals surface area contributed by atoms with E-state index in [1.807, 2.05) is 13.0 Å². The van der Waals surface area contributed by atoms with Gasteiger partial charge in [-0.3, -0.25) is 0 Å². The maximum atomic E-state index is 11.8. The van der Waals surface area contributed by atoms with E-state index >= 15 is 0 Å². The van der Waals surface area contributed by atoms with Crippen LogP contribution < -0.4 is 0 Å². The van der Waals surface area contributed by atoms with Gasteiger partial charge in [-0.1, -0.05) is 12.1 Å². The van der Waals surface area contributed by atoms with Crippen molar-refractivity contribution < 1.29 is 19.4 Å². The van der Waals surface area contributed by atoms with Gasteiger partial charge in [-0.25, -0.2) is 4.79 Å². The van der Waals surface area contributed by atoms with E-state index in [9.17, 15) is 9.90 Å². The Bertz CT molecular complexity index is 387. The van der Waals surface area contributed by atoms with Crippen LogP contribution in [0.15, 0.2) is 24.3 Å². The molecule has 100 valence electrons. The summed E-state index contributed by atoms with van der Waals surface area (Å²) in [5, 5.41) is 9.38. The number of phenolic OH excluding ortho intramolecular Hbond substituents is 1. The number of benzene rings is 1. The number of esters is 1. The maximum Gasteiger partial charge on any atom is 0.335 e. The van der Waals surface area contributed by atoms with Crippen molar-refractivity contribution in [3.05, 3.63) is 29.8 Å². The second-order valence-corrected chi connectivity index (χ2v) is 4.30. The molecule has 0 aliphatic rings. The van der Waals surface area contributed by atoms with Gasteiger partial charge in [-0.05, 0) is 38.5 Å². The predicted octanol–water partition coefficient (Wildman–Crippen LogP) is 2.29. The zero-order valence-electron chi connectivity index (χ0n) is 11.1. The van der Waals surface area contributed by atoms with Crippen LogP contribution in [0.25, 0.3) is 0 Å². The fraction of sp³-hybridized carbons (Fsp3) is 0.500. The molecule has 1 aromatic rings. The Labute approximate surface area is 108 Å². The van der Waals surface area contributed by atoms with Crippen LogP contribution >= 0.6 is 0 Å². The number of rotatable bonds is 6. The molecule has 1 unspecified atom stereocenters. The average molecular weight is 252 g/mol. The first-order valence-corrected chi connectivity index (χ1v) is 6.13. The Morgan fingerprint density at radius 3 is 2.67 bits per heavy atom. The molecule has 4 heteroatoms. The topological polar surface area (TPSA) is 55.8 Å². The Balaban J connectivity index is 2.70. The van der Waals surface area contributed by atoms with Crippen LogP contribution in [0, 0.1) is 0 Å². The first kappa shape index (κ1) is 14.5. The van der Waals surface area contributed by atoms with Crippen LogP contribution in [0.1, 0.15) is 26.3 Å². The van der Waals surface area contributed by atoms with Crippen molar-refractivity contribution in [2.24, 2.45) is 0 Å². The largest absolute Gasteiger partial charge is 0.508 e. The quantitative estimate of drug-likeness (QED) is 0.789. The standard InChI is InChI=1S/C14H20O4/c1-4-17-13(14(16)18-10(2)3)9-11-6-5-7-12(15)8-11/h5-8,10,13,15H,4,9H2,1-3H3. The fourth-order valence-electron chi connectivity index (χ4n) is 1.62. The zero-order valence-corrected chi connectivity index (χ0v) is 11.1. The highest BCUT2D eigenvalue weighted by Crippen LogP contribution is 2.14. The van der Waals surface area contributed by atoms with Gasteiger partial charge in [0.05, 0.1) is 6.10 Å². The summed E-state index contributed by atoms with van der Waals surface area (Å²) >= 11 is 0. The average Bonchev–Trinajstić information content (AvgIpc) is 2.27. The minimum Gasteiger partial charge on any atom is -0.508 e. The molecule has 0 bridgehead atoms. The molecule has 0 saturated carbocycles. The lowest BCUT2D eigenvalue weighted by Gasteiger charge is -2.17. The Morgan fingerprint density at radius 1 is 1.39 bits per heavy atom. The second-order valence-electron chi connectivity index (χ2n) is 4.30. The van der Waals surface area contributed by atoms with Gasteiger partial charge < -0.3 is 14.6 Å². The summed E-state index contributed by atoms with van der Waals surface area (Å²) in [6.45, 7) is 5.87. The molecule has 0 aromatic heterocycles. The highest BCUT2D eigenvalue weighted by atomic mass is 16.6. The zero-order chi connectivity index (χ0) is 13.5. The van der Waals surface area contributed by atoms with Crippen LogP contribution in [-0.2, 0) is 20.7 Å². The van der Waals surface area contributed by atoms with Crippen molar-refractivity contribution in [2.75, 3.05) is 6.61 Å². The van der Waals surface area contributed by atoms with E-state index < -0.39 is 6.10 Å². The Morgan fingerprint density at radius 2 is 2.11 bits per heavy atom. The molecule has 0 aliphatic heterocycles. The SMILES string of the molecule is CCOC(Cc1cccc(O)c1)C(=O)OC(C)C. The molecule has 1 aromatic carbocycles. The van der Waals surface area contributed by atoms with Gasteiger partial charge in [0.25, 0.3) is 0 Å².